The number of hydrogen-bond acceptors (Lipinski definition) is 5. The van der Waals surface area contributed by atoms with Gasteiger partial charge in [0.15, 0.2) is 5.78 Å². The molecule has 0 bridgehead atoms. The molecule has 8 nitrogen and oxygen atoms in total. The lowest BCUT2D eigenvalue weighted by molar-refractivity contribution is -0.108. The van der Waals surface area contributed by atoms with Gasteiger partial charge in [0.2, 0.25) is 6.41 Å². The van der Waals surface area contributed by atoms with Gasteiger partial charge in [-0.25, -0.2) is 4.79 Å². The molecule has 0 aliphatic carbocycles. The van der Waals surface area contributed by atoms with Gasteiger partial charge in [-0.1, -0.05) is 30.0 Å². The van der Waals surface area contributed by atoms with Crippen molar-refractivity contribution in [3.63, 3.8) is 0 Å². The third kappa shape index (κ3) is 5.28. The van der Waals surface area contributed by atoms with E-state index in [0.29, 0.717) is 29.0 Å². The molecule has 158 valence electrons. The lowest BCUT2D eigenvalue weighted by Gasteiger charge is -2.21. The molecule has 0 fully saturated rings. The van der Waals surface area contributed by atoms with E-state index in [1.807, 2.05) is 11.4 Å². The zero-order valence-corrected chi connectivity index (χ0v) is 17.1. The fourth-order valence-electron chi connectivity index (χ4n) is 3.17. The number of urea groups is 1. The molecule has 1 heterocycles. The van der Waals surface area contributed by atoms with E-state index in [2.05, 4.69) is 17.2 Å². The highest BCUT2D eigenvalue weighted by Gasteiger charge is 2.29. The maximum absolute atomic E-state index is 12.8. The van der Waals surface area contributed by atoms with Crippen LogP contribution in [0.5, 0.6) is 5.75 Å². The van der Waals surface area contributed by atoms with Gasteiger partial charge in [0.05, 0.1) is 13.7 Å². The zero-order chi connectivity index (χ0) is 22.4. The molecule has 2 N–H and O–H groups in total. The first-order valence-corrected chi connectivity index (χ1v) is 9.50. The number of nitrogens with zero attached hydrogens (tertiary/aromatic N) is 1. The highest BCUT2D eigenvalue weighted by atomic mass is 16.5. The number of imide groups is 1. The Kier molecular flexibility index (Phi) is 6.67. The van der Waals surface area contributed by atoms with Crippen molar-refractivity contribution < 1.29 is 23.9 Å². The summed E-state index contributed by atoms with van der Waals surface area (Å²) in [5.41, 5.74) is 2.62. The van der Waals surface area contributed by atoms with E-state index >= 15 is 0 Å². The van der Waals surface area contributed by atoms with Gasteiger partial charge < -0.3 is 15.0 Å². The molecule has 0 spiro atoms. The van der Waals surface area contributed by atoms with Crippen LogP contribution in [0.25, 0.3) is 0 Å². The van der Waals surface area contributed by atoms with Crippen molar-refractivity contribution >= 4 is 24.1 Å². The number of benzene rings is 2. The van der Waals surface area contributed by atoms with Crippen molar-refractivity contribution in [3.05, 3.63) is 64.7 Å². The third-order valence-corrected chi connectivity index (χ3v) is 4.78. The van der Waals surface area contributed by atoms with Crippen molar-refractivity contribution in [2.75, 3.05) is 13.7 Å². The quantitative estimate of drug-likeness (QED) is 0.422. The van der Waals surface area contributed by atoms with Crippen LogP contribution in [0.2, 0.25) is 0 Å². The summed E-state index contributed by atoms with van der Waals surface area (Å²) in [6.45, 7) is 1.98. The van der Waals surface area contributed by atoms with Crippen molar-refractivity contribution in [1.29, 1.82) is 0 Å². The SMILES string of the molecule is COc1ccc2c(c1)C(=O)N(C[C@@H](C#Cc1ccc(C(C)=O)cc1)NC(=O)NC=O)C2. The second-order valence-corrected chi connectivity index (χ2v) is 6.90. The predicted octanol–water partition coefficient (Wildman–Crippen LogP) is 1.73. The van der Waals surface area contributed by atoms with Gasteiger partial charge in [-0.2, -0.15) is 0 Å². The van der Waals surface area contributed by atoms with Crippen molar-refractivity contribution in [2.24, 2.45) is 0 Å². The van der Waals surface area contributed by atoms with Gasteiger partial charge in [-0.15, -0.1) is 0 Å². The zero-order valence-electron chi connectivity index (χ0n) is 17.1. The molecule has 1 aliphatic rings. The lowest BCUT2D eigenvalue weighted by Crippen LogP contribution is -2.46. The number of nitrogens with one attached hydrogen (secondary N) is 2. The predicted molar refractivity (Wildman–Crippen MR) is 113 cm³/mol. The molecule has 1 atom stereocenters. The van der Waals surface area contributed by atoms with Gasteiger partial charge in [0.25, 0.3) is 5.91 Å². The number of ether oxygens (including phenoxy) is 1. The molecule has 2 aromatic rings. The van der Waals surface area contributed by atoms with Crippen LogP contribution in [0, 0.1) is 11.8 Å². The van der Waals surface area contributed by atoms with Crippen molar-refractivity contribution in [3.8, 4) is 17.6 Å². The molecule has 0 saturated carbocycles. The summed E-state index contributed by atoms with van der Waals surface area (Å²) in [6, 6.07) is 10.6. The Hall–Kier alpha value is -4.12. The van der Waals surface area contributed by atoms with Crippen LogP contribution in [0.1, 0.15) is 38.8 Å². The molecule has 2 aromatic carbocycles. The first-order valence-electron chi connectivity index (χ1n) is 9.50. The molecule has 0 saturated heterocycles. The second-order valence-electron chi connectivity index (χ2n) is 6.90. The third-order valence-electron chi connectivity index (χ3n) is 4.78. The van der Waals surface area contributed by atoms with E-state index in [4.69, 9.17) is 4.74 Å². The highest BCUT2D eigenvalue weighted by molar-refractivity contribution is 5.99. The van der Waals surface area contributed by atoms with Gasteiger partial charge in [-0.05, 0) is 36.8 Å². The Morgan fingerprint density at radius 1 is 1.23 bits per heavy atom. The van der Waals surface area contributed by atoms with E-state index in [-0.39, 0.29) is 24.6 Å². The largest absolute Gasteiger partial charge is 0.497 e. The molecule has 0 radical (unpaired) electrons. The number of Topliss-reactive ketones (excluding diaryl/α,β-unsaturated/α-hetero) is 1. The number of fused-ring (bicyclic) bond motifs is 1. The number of ketones is 1. The maximum atomic E-state index is 12.8. The minimum Gasteiger partial charge on any atom is -0.497 e. The molecule has 31 heavy (non-hydrogen) atoms. The molecule has 0 unspecified atom stereocenters. The molecule has 8 heteroatoms. The number of hydrogen-bond donors (Lipinski definition) is 2. The van der Waals surface area contributed by atoms with Gasteiger partial charge in [0, 0.05) is 23.2 Å². The summed E-state index contributed by atoms with van der Waals surface area (Å²) in [4.78, 5) is 48.2. The first kappa shape index (κ1) is 21.6. The summed E-state index contributed by atoms with van der Waals surface area (Å²) in [6.07, 6.45) is 0.267. The normalized spacial score (nSPS) is 12.8. The van der Waals surface area contributed by atoms with Crippen LogP contribution in [0.3, 0.4) is 0 Å². The Morgan fingerprint density at radius 2 is 1.97 bits per heavy atom. The van der Waals surface area contributed by atoms with Crippen LogP contribution >= 0.6 is 0 Å². The second kappa shape index (κ2) is 9.59. The van der Waals surface area contributed by atoms with E-state index in [9.17, 15) is 19.2 Å². The Bertz CT molecular complexity index is 1080. The van der Waals surface area contributed by atoms with E-state index < -0.39 is 12.1 Å². The average molecular weight is 419 g/mol. The number of carbonyl (C=O) groups excluding carboxylic acids is 4. The fraction of sp³-hybridized carbons (Fsp3) is 0.217. The van der Waals surface area contributed by atoms with Gasteiger partial charge in [-0.3, -0.25) is 19.7 Å². The smallest absolute Gasteiger partial charge is 0.322 e. The Labute approximate surface area is 179 Å². The minimum atomic E-state index is -0.729. The van der Waals surface area contributed by atoms with E-state index in [0.717, 1.165) is 5.56 Å². The van der Waals surface area contributed by atoms with Crippen LogP contribution in [0.4, 0.5) is 4.79 Å². The summed E-state index contributed by atoms with van der Waals surface area (Å²) in [5, 5.41) is 4.59. The maximum Gasteiger partial charge on any atom is 0.322 e. The highest BCUT2D eigenvalue weighted by Crippen LogP contribution is 2.26. The minimum absolute atomic E-state index is 0.0478. The van der Waals surface area contributed by atoms with Crippen LogP contribution in [0.15, 0.2) is 42.5 Å². The molecule has 3 rings (SSSR count). The van der Waals surface area contributed by atoms with Crippen molar-refractivity contribution in [2.45, 2.75) is 19.5 Å². The molecule has 4 amide bonds. The molecule has 1 aliphatic heterocycles. The van der Waals surface area contributed by atoms with E-state index in [1.54, 1.807) is 41.3 Å². The molecular weight excluding hydrogens is 398 g/mol. The fourth-order valence-corrected chi connectivity index (χ4v) is 3.17. The van der Waals surface area contributed by atoms with Crippen LogP contribution in [-0.2, 0) is 11.3 Å². The lowest BCUT2D eigenvalue weighted by atomic mass is 10.1. The van der Waals surface area contributed by atoms with E-state index in [1.165, 1.54) is 14.0 Å². The average Bonchev–Trinajstić information content (AvgIpc) is 3.07. The standard InChI is InChI=1S/C23H21N3O5/c1-15(28)17-6-3-16(4-7-17)5-9-19(25-23(30)24-14-27)13-26-12-18-8-10-20(31-2)11-21(18)22(26)29/h3-4,6-8,10-11,14,19H,12-13H2,1-2H3,(H2,24,25,27,30)/t19-/m1/s1. The topological polar surface area (TPSA) is 105 Å². The number of methoxy groups -OCH3 is 1. The summed E-state index contributed by atoms with van der Waals surface area (Å²) in [5.74, 6) is 6.21. The summed E-state index contributed by atoms with van der Waals surface area (Å²) in [7, 11) is 1.53. The number of carbonyl (C=O) groups is 4. The van der Waals surface area contributed by atoms with Crippen LogP contribution in [-0.4, -0.2) is 48.7 Å². The van der Waals surface area contributed by atoms with Gasteiger partial charge in [0.1, 0.15) is 11.8 Å². The first-order chi connectivity index (χ1) is 14.9. The van der Waals surface area contributed by atoms with Crippen molar-refractivity contribution in [1.82, 2.24) is 15.5 Å². The monoisotopic (exact) mass is 419 g/mol. The summed E-state index contributed by atoms with van der Waals surface area (Å²) >= 11 is 0. The number of amides is 4. The Morgan fingerprint density at radius 3 is 2.61 bits per heavy atom. The number of rotatable bonds is 6. The Balaban J connectivity index is 1.78. The molecular formula is C23H21N3O5. The van der Waals surface area contributed by atoms with Gasteiger partial charge >= 0.3 is 6.03 Å². The summed E-state index contributed by atoms with van der Waals surface area (Å²) < 4.78 is 5.18. The molecule has 0 aromatic heterocycles. The van der Waals surface area contributed by atoms with Crippen LogP contribution < -0.4 is 15.4 Å².